The van der Waals surface area contributed by atoms with Crippen LogP contribution >= 0.6 is 0 Å². The molecule has 0 saturated carbocycles. The molecule has 0 bridgehead atoms. The standard InChI is InChI=1S/C29H22N4O2/c1-18(23-12-6-10-20-8-4-5-11-24(20)23)30-28(34)25-16-27-29(35)31-26(17-33(27)32-25)22-14-13-19-7-2-3-9-21(19)15-22/h2-18H,1H3,(H,30,34)(H,31,35)/t18-/m1/s1. The third-order valence-corrected chi connectivity index (χ3v) is 6.40. The van der Waals surface area contributed by atoms with E-state index in [9.17, 15) is 9.59 Å². The lowest BCUT2D eigenvalue weighted by Crippen LogP contribution is -2.27. The van der Waals surface area contributed by atoms with Gasteiger partial charge in [-0.15, -0.1) is 0 Å². The Hall–Kier alpha value is -4.71. The van der Waals surface area contributed by atoms with Gasteiger partial charge in [-0.25, -0.2) is 4.52 Å². The summed E-state index contributed by atoms with van der Waals surface area (Å²) in [6.07, 6.45) is 1.74. The first-order valence-corrected chi connectivity index (χ1v) is 11.5. The summed E-state index contributed by atoms with van der Waals surface area (Å²) in [5.41, 5.74) is 2.73. The fourth-order valence-electron chi connectivity index (χ4n) is 4.59. The molecule has 6 aromatic rings. The number of fused-ring (bicyclic) bond motifs is 3. The number of aromatic nitrogens is 3. The number of rotatable bonds is 4. The highest BCUT2D eigenvalue weighted by atomic mass is 16.2. The van der Waals surface area contributed by atoms with Gasteiger partial charge in [0, 0.05) is 11.6 Å². The van der Waals surface area contributed by atoms with Gasteiger partial charge in [0.15, 0.2) is 5.69 Å². The zero-order valence-electron chi connectivity index (χ0n) is 19.0. The molecule has 0 aliphatic carbocycles. The Kier molecular flexibility index (Phi) is 4.92. The van der Waals surface area contributed by atoms with Crippen LogP contribution in [0, 0.1) is 0 Å². The topological polar surface area (TPSA) is 79.3 Å². The third kappa shape index (κ3) is 3.75. The van der Waals surface area contributed by atoms with Gasteiger partial charge in [-0.1, -0.05) is 78.9 Å². The van der Waals surface area contributed by atoms with E-state index in [2.05, 4.69) is 27.5 Å². The van der Waals surface area contributed by atoms with Crippen molar-refractivity contribution in [3.8, 4) is 11.3 Å². The van der Waals surface area contributed by atoms with Crippen molar-refractivity contribution in [2.75, 3.05) is 0 Å². The minimum Gasteiger partial charge on any atom is -0.344 e. The van der Waals surface area contributed by atoms with Gasteiger partial charge in [0.1, 0.15) is 5.52 Å². The lowest BCUT2D eigenvalue weighted by Gasteiger charge is -2.16. The third-order valence-electron chi connectivity index (χ3n) is 6.40. The molecule has 35 heavy (non-hydrogen) atoms. The van der Waals surface area contributed by atoms with Gasteiger partial charge >= 0.3 is 0 Å². The molecule has 0 aliphatic rings. The van der Waals surface area contributed by atoms with Crippen LogP contribution < -0.4 is 10.9 Å². The highest BCUT2D eigenvalue weighted by molar-refractivity contribution is 5.94. The first-order chi connectivity index (χ1) is 17.1. The molecular formula is C29H22N4O2. The van der Waals surface area contributed by atoms with Gasteiger partial charge in [-0.2, -0.15) is 5.10 Å². The number of aromatic amines is 1. The number of H-pyrrole nitrogens is 1. The Bertz CT molecular complexity index is 1790. The van der Waals surface area contributed by atoms with Crippen LogP contribution in [-0.4, -0.2) is 20.5 Å². The van der Waals surface area contributed by atoms with E-state index in [0.29, 0.717) is 11.2 Å². The van der Waals surface area contributed by atoms with E-state index in [4.69, 9.17) is 0 Å². The molecule has 1 amide bonds. The van der Waals surface area contributed by atoms with Gasteiger partial charge in [0.25, 0.3) is 11.5 Å². The number of carbonyl (C=O) groups is 1. The molecule has 2 N–H and O–H groups in total. The highest BCUT2D eigenvalue weighted by Crippen LogP contribution is 2.25. The second-order valence-electron chi connectivity index (χ2n) is 8.68. The lowest BCUT2D eigenvalue weighted by molar-refractivity contribution is 0.0934. The molecule has 0 saturated heterocycles. The summed E-state index contributed by atoms with van der Waals surface area (Å²) < 4.78 is 1.47. The molecule has 2 aromatic heterocycles. The van der Waals surface area contributed by atoms with Crippen LogP contribution in [0.5, 0.6) is 0 Å². The molecule has 4 aromatic carbocycles. The van der Waals surface area contributed by atoms with Crippen molar-refractivity contribution in [1.29, 1.82) is 0 Å². The molecule has 6 heteroatoms. The smallest absolute Gasteiger partial charge is 0.274 e. The second-order valence-corrected chi connectivity index (χ2v) is 8.68. The van der Waals surface area contributed by atoms with Crippen molar-refractivity contribution in [3.63, 3.8) is 0 Å². The average molecular weight is 459 g/mol. The second kappa shape index (κ2) is 8.25. The van der Waals surface area contributed by atoms with E-state index >= 15 is 0 Å². The van der Waals surface area contributed by atoms with Crippen molar-refractivity contribution in [3.05, 3.63) is 119 Å². The predicted molar refractivity (Wildman–Crippen MR) is 139 cm³/mol. The van der Waals surface area contributed by atoms with Gasteiger partial charge < -0.3 is 10.3 Å². The monoisotopic (exact) mass is 458 g/mol. The molecule has 6 nitrogen and oxygen atoms in total. The van der Waals surface area contributed by atoms with Gasteiger partial charge in [0.2, 0.25) is 0 Å². The fraction of sp³-hybridized carbons (Fsp3) is 0.0690. The molecule has 0 fully saturated rings. The van der Waals surface area contributed by atoms with Crippen LogP contribution in [0.2, 0.25) is 0 Å². The van der Waals surface area contributed by atoms with Gasteiger partial charge in [-0.3, -0.25) is 9.59 Å². The van der Waals surface area contributed by atoms with Crippen molar-refractivity contribution < 1.29 is 4.79 Å². The van der Waals surface area contributed by atoms with Crippen molar-refractivity contribution in [1.82, 2.24) is 19.9 Å². The number of nitrogens with one attached hydrogen (secondary N) is 2. The normalized spacial score (nSPS) is 12.3. The summed E-state index contributed by atoms with van der Waals surface area (Å²) in [5.74, 6) is -0.333. The molecular weight excluding hydrogens is 436 g/mol. The van der Waals surface area contributed by atoms with Crippen LogP contribution in [0.1, 0.15) is 29.0 Å². The minimum atomic E-state index is -0.333. The molecule has 170 valence electrons. The van der Waals surface area contributed by atoms with Crippen LogP contribution in [0.3, 0.4) is 0 Å². The van der Waals surface area contributed by atoms with Crippen LogP contribution in [0.15, 0.2) is 102 Å². The Morgan fingerprint density at radius 3 is 2.49 bits per heavy atom. The molecule has 0 unspecified atom stereocenters. The largest absolute Gasteiger partial charge is 0.344 e. The summed E-state index contributed by atoms with van der Waals surface area (Å²) >= 11 is 0. The first-order valence-electron chi connectivity index (χ1n) is 11.5. The number of benzene rings is 4. The van der Waals surface area contributed by atoms with Crippen molar-refractivity contribution in [2.45, 2.75) is 13.0 Å². The van der Waals surface area contributed by atoms with E-state index in [1.165, 1.54) is 10.6 Å². The summed E-state index contributed by atoms with van der Waals surface area (Å²) in [5, 5.41) is 11.9. The number of nitrogens with zero attached hydrogens (tertiary/aromatic N) is 2. The van der Waals surface area contributed by atoms with Crippen molar-refractivity contribution >= 4 is 33.0 Å². The maximum atomic E-state index is 13.0. The lowest BCUT2D eigenvalue weighted by atomic mass is 9.99. The van der Waals surface area contributed by atoms with E-state index < -0.39 is 0 Å². The zero-order valence-corrected chi connectivity index (χ0v) is 19.0. The molecule has 0 spiro atoms. The van der Waals surface area contributed by atoms with Crippen LogP contribution in [0.4, 0.5) is 0 Å². The summed E-state index contributed by atoms with van der Waals surface area (Å²) in [6, 6.07) is 29.5. The Balaban J connectivity index is 1.32. The number of carbonyl (C=O) groups excluding carboxylic acids is 1. The van der Waals surface area contributed by atoms with Crippen LogP contribution in [-0.2, 0) is 0 Å². The average Bonchev–Trinajstić information content (AvgIpc) is 3.33. The number of hydrogen-bond acceptors (Lipinski definition) is 3. The molecule has 2 heterocycles. The van der Waals surface area contributed by atoms with Crippen LogP contribution in [0.25, 0.3) is 38.3 Å². The molecule has 6 rings (SSSR count). The summed E-state index contributed by atoms with van der Waals surface area (Å²) in [4.78, 5) is 28.8. The quantitative estimate of drug-likeness (QED) is 0.367. The Morgan fingerprint density at radius 1 is 0.886 bits per heavy atom. The summed E-state index contributed by atoms with van der Waals surface area (Å²) in [7, 11) is 0. The fourth-order valence-corrected chi connectivity index (χ4v) is 4.59. The van der Waals surface area contributed by atoms with E-state index in [0.717, 1.165) is 32.7 Å². The van der Waals surface area contributed by atoms with E-state index in [1.54, 1.807) is 6.20 Å². The van der Waals surface area contributed by atoms with E-state index in [-0.39, 0.29) is 23.2 Å². The van der Waals surface area contributed by atoms with Crippen molar-refractivity contribution in [2.24, 2.45) is 0 Å². The maximum absolute atomic E-state index is 13.0. The van der Waals surface area contributed by atoms with Gasteiger partial charge in [0.05, 0.1) is 17.9 Å². The summed E-state index contributed by atoms with van der Waals surface area (Å²) in [6.45, 7) is 1.94. The Labute approximate surface area is 200 Å². The van der Waals surface area contributed by atoms with Gasteiger partial charge in [-0.05, 0) is 40.1 Å². The maximum Gasteiger partial charge on any atom is 0.274 e. The first kappa shape index (κ1) is 20.9. The minimum absolute atomic E-state index is 0.193. The predicted octanol–water partition coefficient (Wildman–Crippen LogP) is 5.49. The highest BCUT2D eigenvalue weighted by Gasteiger charge is 2.18. The number of hydrogen-bond donors (Lipinski definition) is 2. The Morgan fingerprint density at radius 2 is 1.63 bits per heavy atom. The molecule has 0 aliphatic heterocycles. The SMILES string of the molecule is C[C@@H](NC(=O)c1cc2c(=O)[nH]c(-c3ccc4ccccc4c3)cn2n1)c1cccc2ccccc12. The zero-order chi connectivity index (χ0) is 23.9. The molecule has 1 atom stereocenters. The van der Waals surface area contributed by atoms with E-state index in [1.807, 2.05) is 79.7 Å². The molecule has 0 radical (unpaired) electrons. The number of amides is 1.